The van der Waals surface area contributed by atoms with Crippen LogP contribution in [-0.2, 0) is 76.3 Å². The molecule has 73 heavy (non-hydrogen) atoms. The Balaban J connectivity index is 4.66. The van der Waals surface area contributed by atoms with Gasteiger partial charge in [-0.3, -0.25) is 33.6 Å². The highest BCUT2D eigenvalue weighted by Crippen LogP contribution is 2.22. The molecule has 0 heterocycles. The van der Waals surface area contributed by atoms with Crippen molar-refractivity contribution < 1.29 is 76.3 Å². The highest BCUT2D eigenvalue weighted by Gasteiger charge is 2.29. The van der Waals surface area contributed by atoms with Gasteiger partial charge in [0.1, 0.15) is 35.8 Å². The predicted molar refractivity (Wildman–Crippen MR) is 277 cm³/mol. The van der Waals surface area contributed by atoms with Crippen LogP contribution in [0.25, 0.3) is 0 Å². The summed E-state index contributed by atoms with van der Waals surface area (Å²) in [5.74, 6) is -3.61. The Morgan fingerprint density at radius 1 is 0.411 bits per heavy atom. The minimum Gasteiger partial charge on any atom is -0.467 e. The van der Waals surface area contributed by atoms with Crippen molar-refractivity contribution in [2.24, 2.45) is 5.92 Å². The lowest BCUT2D eigenvalue weighted by Gasteiger charge is -2.24. The van der Waals surface area contributed by atoms with Crippen LogP contribution < -0.4 is 10.6 Å². The summed E-state index contributed by atoms with van der Waals surface area (Å²) < 4.78 is 42.3. The summed E-state index contributed by atoms with van der Waals surface area (Å²) in [6.07, 6.45) is 16.5. The Hall–Kier alpha value is -4.00. The molecule has 2 amide bonds. The highest BCUT2D eigenvalue weighted by molar-refractivity contribution is 5.86. The maximum atomic E-state index is 13.3. The highest BCUT2D eigenvalue weighted by atomic mass is 16.6. The maximum absolute atomic E-state index is 13.3. The molecule has 0 aromatic rings. The van der Waals surface area contributed by atoms with Gasteiger partial charge in [-0.1, -0.05) is 77.0 Å². The Bertz CT molecular complexity index is 1570. The first-order valence-corrected chi connectivity index (χ1v) is 27.0. The first-order valence-electron chi connectivity index (χ1n) is 27.0. The lowest BCUT2D eigenvalue weighted by atomic mass is 9.94. The van der Waals surface area contributed by atoms with Crippen LogP contribution in [0.4, 0.5) is 0 Å². The van der Waals surface area contributed by atoms with Gasteiger partial charge in [-0.25, -0.2) is 4.79 Å². The molecule has 0 rings (SSSR count). The normalized spacial score (nSPS) is 12.6. The summed E-state index contributed by atoms with van der Waals surface area (Å²) >= 11 is 0. The topological polar surface area (TPSA) is 234 Å². The fraction of sp³-hybridized carbons (Fsp3) is 0.855. The number of Topliss-reactive ketones (excluding diaryl/α,β-unsaturated/α-hetero) is 2. The number of amides is 2. The van der Waals surface area contributed by atoms with E-state index in [1.807, 2.05) is 20.8 Å². The van der Waals surface area contributed by atoms with E-state index in [1.54, 1.807) is 41.5 Å². The van der Waals surface area contributed by atoms with Gasteiger partial charge in [0.2, 0.25) is 11.8 Å². The predicted octanol–water partition coefficient (Wildman–Crippen LogP) is 8.58. The average Bonchev–Trinajstić information content (AvgIpc) is 3.27. The number of carbonyl (C=O) groups excluding carboxylic acids is 8. The average molecular weight is 1040 g/mol. The molecule has 0 fully saturated rings. The maximum Gasteiger partial charge on any atom is 0.331 e. The van der Waals surface area contributed by atoms with Crippen molar-refractivity contribution >= 4 is 47.3 Å². The quantitative estimate of drug-likeness (QED) is 0.0330. The molecule has 0 radical (unpaired) electrons. The number of unbranched alkanes of at least 4 members (excludes halogenated alkanes) is 13. The number of hydrogen-bond acceptors (Lipinski definition) is 16. The van der Waals surface area contributed by atoms with Gasteiger partial charge in [0, 0.05) is 57.7 Å². The molecule has 424 valence electrons. The number of hydrogen-bond donors (Lipinski definition) is 2. The van der Waals surface area contributed by atoms with Crippen LogP contribution in [0.2, 0.25) is 0 Å². The third kappa shape index (κ3) is 47.5. The second-order valence-corrected chi connectivity index (χ2v) is 21.7. The number of ether oxygens (including phenoxy) is 8. The van der Waals surface area contributed by atoms with Crippen molar-refractivity contribution in [3.05, 3.63) is 0 Å². The second kappa shape index (κ2) is 41.3. The van der Waals surface area contributed by atoms with Crippen LogP contribution in [0.15, 0.2) is 0 Å². The van der Waals surface area contributed by atoms with Crippen molar-refractivity contribution in [1.82, 2.24) is 10.6 Å². The Labute approximate surface area is 438 Å². The molecule has 0 aliphatic rings. The lowest BCUT2D eigenvalue weighted by molar-refractivity contribution is -0.161. The fourth-order valence-corrected chi connectivity index (χ4v) is 7.38. The summed E-state index contributed by atoms with van der Waals surface area (Å²) in [6.45, 7) is 17.4. The van der Waals surface area contributed by atoms with Gasteiger partial charge in [-0.2, -0.15) is 0 Å². The summed E-state index contributed by atoms with van der Waals surface area (Å²) in [5.41, 5.74) is -2.00. The van der Waals surface area contributed by atoms with Gasteiger partial charge in [-0.15, -0.1) is 0 Å². The molecule has 18 nitrogen and oxygen atoms in total. The molecular formula is C55H98N2O16. The van der Waals surface area contributed by atoms with E-state index < -0.39 is 58.5 Å². The van der Waals surface area contributed by atoms with Gasteiger partial charge in [-0.05, 0) is 88.0 Å². The Morgan fingerprint density at radius 2 is 0.877 bits per heavy atom. The second-order valence-electron chi connectivity index (χ2n) is 21.7. The first-order chi connectivity index (χ1) is 34.4. The molecule has 0 aromatic carbocycles. The smallest absolute Gasteiger partial charge is 0.331 e. The molecule has 1 unspecified atom stereocenters. The van der Waals surface area contributed by atoms with Crippen LogP contribution in [0.3, 0.4) is 0 Å². The summed E-state index contributed by atoms with van der Waals surface area (Å²) in [5, 5.41) is 5.49. The molecule has 0 saturated carbocycles. The van der Waals surface area contributed by atoms with Crippen molar-refractivity contribution in [3.8, 4) is 0 Å². The van der Waals surface area contributed by atoms with Crippen LogP contribution in [0.5, 0.6) is 0 Å². The zero-order valence-electron chi connectivity index (χ0n) is 46.8. The Morgan fingerprint density at radius 3 is 1.41 bits per heavy atom. The van der Waals surface area contributed by atoms with Gasteiger partial charge in [0.25, 0.3) is 0 Å². The molecule has 18 heteroatoms. The molecule has 0 aliphatic carbocycles. The van der Waals surface area contributed by atoms with Gasteiger partial charge in [0.05, 0.1) is 52.5 Å². The molecule has 0 aliphatic heterocycles. The van der Waals surface area contributed by atoms with Gasteiger partial charge >= 0.3 is 23.9 Å². The van der Waals surface area contributed by atoms with Gasteiger partial charge in [0.15, 0.2) is 5.78 Å². The van der Waals surface area contributed by atoms with E-state index in [4.69, 9.17) is 33.2 Å². The van der Waals surface area contributed by atoms with E-state index in [9.17, 15) is 38.4 Å². The van der Waals surface area contributed by atoms with Crippen molar-refractivity contribution in [2.45, 2.75) is 233 Å². The number of carbonyl (C=O) groups is 8. The van der Waals surface area contributed by atoms with Crippen LogP contribution in [-0.4, -0.2) is 137 Å². The third-order valence-electron chi connectivity index (χ3n) is 10.8. The third-order valence-corrected chi connectivity index (χ3v) is 10.8. The monoisotopic (exact) mass is 1040 g/mol. The summed E-state index contributed by atoms with van der Waals surface area (Å²) in [7, 11) is 1.28. The largest absolute Gasteiger partial charge is 0.467 e. The number of nitrogens with one attached hydrogen (secondary N) is 2. The number of methoxy groups -OCH3 is 1. The van der Waals surface area contributed by atoms with E-state index >= 15 is 0 Å². The van der Waals surface area contributed by atoms with Crippen LogP contribution in [0, 0.1) is 5.92 Å². The molecule has 0 bridgehead atoms. The van der Waals surface area contributed by atoms with Crippen LogP contribution in [0.1, 0.15) is 210 Å². The minimum atomic E-state index is -0.903. The zero-order valence-corrected chi connectivity index (χ0v) is 46.8. The first kappa shape index (κ1) is 69.0. The molecule has 0 aromatic heterocycles. The standard InChI is InChI=1S/C55H98N2O16/c1-53(2,3)71-49(62)28-24-22-20-18-16-14-12-11-13-15-17-19-21-23-26-45(58)38-43(52(65)73-55(7,8)9)29-30-47(60)57-44(40-50(63)72-54(4,5)6)39-48(61)56-31-33-68-35-36-69-41-46(59)27-25-32-67-34-37-70-42-51(64)66-10/h43-44H,11-42H2,1-10H3,(H,56,61)(H,57,60)/t43-,44?/m1/s1. The van der Waals surface area contributed by atoms with E-state index in [2.05, 4.69) is 15.4 Å². The van der Waals surface area contributed by atoms with E-state index in [0.29, 0.717) is 32.5 Å². The van der Waals surface area contributed by atoms with Crippen LogP contribution >= 0.6 is 0 Å². The molecule has 0 spiro atoms. The molecular weight excluding hydrogens is 945 g/mol. The zero-order chi connectivity index (χ0) is 55.0. The summed E-state index contributed by atoms with van der Waals surface area (Å²) in [4.78, 5) is 100. The van der Waals surface area contributed by atoms with E-state index in [-0.39, 0.29) is 102 Å². The molecule has 2 N–H and O–H groups in total. The van der Waals surface area contributed by atoms with Crippen molar-refractivity contribution in [2.75, 3.05) is 66.5 Å². The van der Waals surface area contributed by atoms with Crippen molar-refractivity contribution in [1.29, 1.82) is 0 Å². The van der Waals surface area contributed by atoms with Crippen molar-refractivity contribution in [3.63, 3.8) is 0 Å². The number of ketones is 2. The number of rotatable bonds is 45. The van der Waals surface area contributed by atoms with Gasteiger partial charge < -0.3 is 48.5 Å². The molecule has 2 atom stereocenters. The Kier molecular flexibility index (Phi) is 39.0. The molecule has 0 saturated heterocycles. The minimum absolute atomic E-state index is 0.0412. The fourth-order valence-electron chi connectivity index (χ4n) is 7.38. The summed E-state index contributed by atoms with van der Waals surface area (Å²) in [6, 6.07) is -0.903. The SMILES string of the molecule is COC(=O)COCCOCCCC(=O)COCCOCCNC(=O)CC(CC(=O)OC(C)(C)C)NC(=O)CC[C@H](CC(=O)CCCCCCCCCCCCCCCCC(=O)OC(C)(C)C)C(=O)OC(C)(C)C. The van der Waals surface area contributed by atoms with E-state index in [1.165, 1.54) is 52.1 Å². The number of esters is 4. The van der Waals surface area contributed by atoms with E-state index in [0.717, 1.165) is 44.9 Å². The lowest BCUT2D eigenvalue weighted by Crippen LogP contribution is -2.42.